The average molecular weight is 367 g/mol. The summed E-state index contributed by atoms with van der Waals surface area (Å²) in [5, 5.41) is 2.85. The topological polar surface area (TPSA) is 55.4 Å². The highest BCUT2D eigenvalue weighted by Crippen LogP contribution is 2.22. The van der Waals surface area contributed by atoms with Crippen LogP contribution in [0.5, 0.6) is 0 Å². The minimum Gasteiger partial charge on any atom is -0.462 e. The van der Waals surface area contributed by atoms with E-state index in [4.69, 9.17) is 4.74 Å². The molecule has 2 aromatic carbocycles. The van der Waals surface area contributed by atoms with Crippen molar-refractivity contribution in [1.82, 2.24) is 0 Å². The van der Waals surface area contributed by atoms with Crippen molar-refractivity contribution in [2.45, 2.75) is 52.4 Å². The number of amides is 1. The molecule has 4 heteroatoms. The molecule has 0 unspecified atom stereocenters. The van der Waals surface area contributed by atoms with E-state index in [1.54, 1.807) is 24.3 Å². The van der Waals surface area contributed by atoms with Gasteiger partial charge >= 0.3 is 5.97 Å². The van der Waals surface area contributed by atoms with Gasteiger partial charge in [-0.05, 0) is 53.8 Å². The van der Waals surface area contributed by atoms with Crippen molar-refractivity contribution >= 4 is 17.6 Å². The number of carbonyl (C=O) groups excluding carboxylic acids is 2. The number of hydrogen-bond acceptors (Lipinski definition) is 3. The van der Waals surface area contributed by atoms with E-state index in [9.17, 15) is 9.59 Å². The molecule has 144 valence electrons. The van der Waals surface area contributed by atoms with E-state index in [1.807, 2.05) is 24.3 Å². The molecule has 0 atom stereocenters. The number of ether oxygens (including phenoxy) is 1. The first-order valence-corrected chi connectivity index (χ1v) is 9.50. The maximum atomic E-state index is 12.4. The molecular formula is C23H29NO3. The van der Waals surface area contributed by atoms with Gasteiger partial charge < -0.3 is 10.1 Å². The Bertz CT molecular complexity index is 756. The summed E-state index contributed by atoms with van der Waals surface area (Å²) in [6, 6.07) is 14.4. The van der Waals surface area contributed by atoms with Gasteiger partial charge in [0.15, 0.2) is 0 Å². The molecule has 0 aliphatic rings. The molecule has 0 spiro atoms. The second-order valence-corrected chi connectivity index (χ2v) is 7.70. The molecule has 0 saturated heterocycles. The van der Waals surface area contributed by atoms with Crippen molar-refractivity contribution in [2.75, 3.05) is 11.9 Å². The predicted molar refractivity (Wildman–Crippen MR) is 109 cm³/mol. The molecule has 2 aromatic rings. The maximum absolute atomic E-state index is 12.4. The minimum atomic E-state index is -0.332. The first-order chi connectivity index (χ1) is 12.8. The maximum Gasteiger partial charge on any atom is 0.338 e. The third-order valence-electron chi connectivity index (χ3n) is 4.37. The Kier molecular flexibility index (Phi) is 7.17. The van der Waals surface area contributed by atoms with Gasteiger partial charge in [-0.3, -0.25) is 4.79 Å². The molecular weight excluding hydrogens is 338 g/mol. The van der Waals surface area contributed by atoms with E-state index in [-0.39, 0.29) is 17.3 Å². The number of benzene rings is 2. The minimum absolute atomic E-state index is 0.0516. The zero-order valence-electron chi connectivity index (χ0n) is 16.7. The van der Waals surface area contributed by atoms with Gasteiger partial charge in [0, 0.05) is 11.3 Å². The Morgan fingerprint density at radius 2 is 1.48 bits per heavy atom. The van der Waals surface area contributed by atoms with Gasteiger partial charge in [-0.2, -0.15) is 0 Å². The number of rotatable bonds is 7. The van der Waals surface area contributed by atoms with Crippen LogP contribution in [-0.2, 0) is 10.2 Å². The summed E-state index contributed by atoms with van der Waals surface area (Å²) in [5.74, 6) is -0.507. The Labute approximate surface area is 161 Å². The summed E-state index contributed by atoms with van der Waals surface area (Å²) in [5.41, 5.74) is 2.96. The average Bonchev–Trinajstić information content (AvgIpc) is 2.65. The molecule has 0 bridgehead atoms. The fourth-order valence-electron chi connectivity index (χ4n) is 2.61. The lowest BCUT2D eigenvalue weighted by Crippen LogP contribution is -2.14. The predicted octanol–water partition coefficient (Wildman–Crippen LogP) is 5.58. The summed E-state index contributed by atoms with van der Waals surface area (Å²) in [6.45, 7) is 8.96. The van der Waals surface area contributed by atoms with Crippen molar-refractivity contribution in [3.63, 3.8) is 0 Å². The van der Waals surface area contributed by atoms with Crippen LogP contribution in [-0.4, -0.2) is 18.5 Å². The fraction of sp³-hybridized carbons (Fsp3) is 0.391. The summed E-state index contributed by atoms with van der Waals surface area (Å²) in [4.78, 5) is 24.4. The van der Waals surface area contributed by atoms with Crippen LogP contribution in [0.15, 0.2) is 48.5 Å². The molecule has 0 aliphatic carbocycles. The number of nitrogens with one attached hydrogen (secondary N) is 1. The van der Waals surface area contributed by atoms with Gasteiger partial charge in [0.2, 0.25) is 0 Å². The van der Waals surface area contributed by atoms with Crippen LogP contribution in [0.1, 0.15) is 73.2 Å². The van der Waals surface area contributed by atoms with Gasteiger partial charge in [0.25, 0.3) is 5.91 Å². The van der Waals surface area contributed by atoms with Gasteiger partial charge in [-0.15, -0.1) is 0 Å². The van der Waals surface area contributed by atoms with E-state index < -0.39 is 0 Å². The van der Waals surface area contributed by atoms with Crippen LogP contribution in [0.25, 0.3) is 0 Å². The standard InChI is InChI=1S/C23H29NO3/c1-5-6-7-16-27-22(26)18-10-14-20(15-11-18)24-21(25)17-8-12-19(13-9-17)23(2,3)4/h8-15H,5-7,16H2,1-4H3,(H,24,25). The molecule has 0 aliphatic heterocycles. The fourth-order valence-corrected chi connectivity index (χ4v) is 2.61. The van der Waals surface area contributed by atoms with Gasteiger partial charge in [-0.1, -0.05) is 52.7 Å². The third kappa shape index (κ3) is 6.24. The van der Waals surface area contributed by atoms with Crippen LogP contribution in [0.3, 0.4) is 0 Å². The number of esters is 1. The van der Waals surface area contributed by atoms with E-state index in [0.29, 0.717) is 23.4 Å². The van der Waals surface area contributed by atoms with Crippen molar-refractivity contribution < 1.29 is 14.3 Å². The molecule has 2 rings (SSSR count). The Morgan fingerprint density at radius 1 is 0.889 bits per heavy atom. The molecule has 1 N–H and O–H groups in total. The number of unbranched alkanes of at least 4 members (excludes halogenated alkanes) is 2. The highest BCUT2D eigenvalue weighted by atomic mass is 16.5. The second-order valence-electron chi connectivity index (χ2n) is 7.70. The second kappa shape index (κ2) is 9.36. The summed E-state index contributed by atoms with van der Waals surface area (Å²) >= 11 is 0. The highest BCUT2D eigenvalue weighted by Gasteiger charge is 2.14. The van der Waals surface area contributed by atoms with Gasteiger partial charge in [0.1, 0.15) is 0 Å². The highest BCUT2D eigenvalue weighted by molar-refractivity contribution is 6.04. The molecule has 0 fully saturated rings. The van der Waals surface area contributed by atoms with E-state index in [2.05, 4.69) is 33.0 Å². The molecule has 0 heterocycles. The Balaban J connectivity index is 1.93. The van der Waals surface area contributed by atoms with Crippen LogP contribution in [0, 0.1) is 0 Å². The first kappa shape index (κ1) is 20.7. The number of anilines is 1. The Morgan fingerprint density at radius 3 is 2.04 bits per heavy atom. The third-order valence-corrected chi connectivity index (χ3v) is 4.37. The lowest BCUT2D eigenvalue weighted by molar-refractivity contribution is 0.0498. The van der Waals surface area contributed by atoms with E-state index >= 15 is 0 Å². The zero-order valence-corrected chi connectivity index (χ0v) is 16.7. The van der Waals surface area contributed by atoms with Crippen LogP contribution in [0.2, 0.25) is 0 Å². The lowest BCUT2D eigenvalue weighted by atomic mass is 9.87. The van der Waals surface area contributed by atoms with Gasteiger partial charge in [-0.25, -0.2) is 4.79 Å². The summed E-state index contributed by atoms with van der Waals surface area (Å²) < 4.78 is 5.23. The molecule has 0 radical (unpaired) electrons. The van der Waals surface area contributed by atoms with Crippen LogP contribution in [0.4, 0.5) is 5.69 Å². The van der Waals surface area contributed by atoms with E-state index in [0.717, 1.165) is 19.3 Å². The zero-order chi connectivity index (χ0) is 19.9. The summed E-state index contributed by atoms with van der Waals surface area (Å²) in [7, 11) is 0. The van der Waals surface area contributed by atoms with Crippen LogP contribution < -0.4 is 5.32 Å². The van der Waals surface area contributed by atoms with Gasteiger partial charge in [0.05, 0.1) is 12.2 Å². The molecule has 0 saturated carbocycles. The largest absolute Gasteiger partial charge is 0.462 e. The quantitative estimate of drug-likeness (QED) is 0.513. The normalized spacial score (nSPS) is 11.1. The first-order valence-electron chi connectivity index (χ1n) is 9.50. The molecule has 4 nitrogen and oxygen atoms in total. The van der Waals surface area contributed by atoms with Crippen molar-refractivity contribution in [1.29, 1.82) is 0 Å². The Hall–Kier alpha value is -2.62. The van der Waals surface area contributed by atoms with Crippen molar-refractivity contribution in [3.05, 3.63) is 65.2 Å². The number of carbonyl (C=O) groups is 2. The summed E-state index contributed by atoms with van der Waals surface area (Å²) in [6.07, 6.45) is 3.02. The molecule has 1 amide bonds. The SMILES string of the molecule is CCCCCOC(=O)c1ccc(NC(=O)c2ccc(C(C)(C)C)cc2)cc1. The number of hydrogen-bond donors (Lipinski definition) is 1. The van der Waals surface area contributed by atoms with E-state index in [1.165, 1.54) is 5.56 Å². The lowest BCUT2D eigenvalue weighted by Gasteiger charge is -2.19. The smallest absolute Gasteiger partial charge is 0.338 e. The molecule has 27 heavy (non-hydrogen) atoms. The van der Waals surface area contributed by atoms with Crippen molar-refractivity contribution in [3.8, 4) is 0 Å². The van der Waals surface area contributed by atoms with Crippen LogP contribution >= 0.6 is 0 Å². The van der Waals surface area contributed by atoms with Crippen molar-refractivity contribution in [2.24, 2.45) is 0 Å². The monoisotopic (exact) mass is 367 g/mol. The molecule has 0 aromatic heterocycles.